The molecule has 1 aromatic carbocycles. The lowest BCUT2D eigenvalue weighted by molar-refractivity contribution is -0.141. The molecule has 39 heavy (non-hydrogen) atoms. The molecule has 1 aromatic rings. The van der Waals surface area contributed by atoms with E-state index in [4.69, 9.17) is 4.74 Å². The summed E-state index contributed by atoms with van der Waals surface area (Å²) in [5.74, 6) is -1.47. The summed E-state index contributed by atoms with van der Waals surface area (Å²) >= 11 is 0. The molecular formula is C28H37N5O6. The average molecular weight is 540 g/mol. The predicted octanol–water partition coefficient (Wildman–Crippen LogP) is 2.53. The Labute approximate surface area is 228 Å². The van der Waals surface area contributed by atoms with Gasteiger partial charge in [-0.3, -0.25) is 14.5 Å². The van der Waals surface area contributed by atoms with E-state index < -0.39 is 35.8 Å². The molecule has 2 N–H and O–H groups in total. The maximum absolute atomic E-state index is 13.7. The van der Waals surface area contributed by atoms with Crippen LogP contribution >= 0.6 is 0 Å². The molecule has 2 aliphatic heterocycles. The maximum atomic E-state index is 13.7. The molecule has 210 valence electrons. The zero-order valence-electron chi connectivity index (χ0n) is 23.1. The van der Waals surface area contributed by atoms with Crippen molar-refractivity contribution >= 4 is 23.9 Å². The van der Waals surface area contributed by atoms with Crippen molar-refractivity contribution in [2.45, 2.75) is 95.7 Å². The minimum absolute atomic E-state index is 0.0374. The van der Waals surface area contributed by atoms with Gasteiger partial charge >= 0.3 is 12.1 Å². The van der Waals surface area contributed by atoms with E-state index in [-0.39, 0.29) is 42.0 Å². The summed E-state index contributed by atoms with van der Waals surface area (Å²) in [6.45, 7) is 9.38. The van der Waals surface area contributed by atoms with Crippen LogP contribution in [0.1, 0.15) is 75.8 Å². The fourth-order valence-corrected chi connectivity index (χ4v) is 5.64. The molecule has 4 unspecified atom stereocenters. The molecule has 2 saturated heterocycles. The van der Waals surface area contributed by atoms with Gasteiger partial charge in [0.05, 0.1) is 23.7 Å². The lowest BCUT2D eigenvalue weighted by Gasteiger charge is -2.39. The Morgan fingerprint density at radius 3 is 2.51 bits per heavy atom. The van der Waals surface area contributed by atoms with E-state index >= 15 is 0 Å². The van der Waals surface area contributed by atoms with Gasteiger partial charge in [-0.1, -0.05) is 12.1 Å². The summed E-state index contributed by atoms with van der Waals surface area (Å²) in [4.78, 5) is 56.6. The van der Waals surface area contributed by atoms with Crippen LogP contribution in [0.2, 0.25) is 0 Å². The third kappa shape index (κ3) is 6.17. The number of alkyl carbamates (subject to hydrolysis) is 1. The number of nitriles is 1. The molecule has 0 spiro atoms. The zero-order valence-corrected chi connectivity index (χ0v) is 23.1. The monoisotopic (exact) mass is 539 g/mol. The fourth-order valence-electron chi connectivity index (χ4n) is 5.64. The molecular weight excluding hydrogens is 502 g/mol. The largest absolute Gasteiger partial charge is 0.478 e. The van der Waals surface area contributed by atoms with E-state index in [2.05, 4.69) is 11.4 Å². The Bertz CT molecular complexity index is 1190. The second-order valence-corrected chi connectivity index (χ2v) is 11.7. The number of benzene rings is 1. The first kappa shape index (κ1) is 28.4. The van der Waals surface area contributed by atoms with Crippen LogP contribution in [-0.2, 0) is 14.3 Å². The van der Waals surface area contributed by atoms with E-state index in [9.17, 15) is 29.5 Å². The topological polar surface area (TPSA) is 143 Å². The van der Waals surface area contributed by atoms with Gasteiger partial charge in [-0.2, -0.15) is 5.26 Å². The Hall–Kier alpha value is -3.65. The standard InChI is InChI=1S/C28H37N5O6/c1-16(13-29)32(20-9-10-20)24(34)22(30-27(38)39-28(3,4)5)15-31-14-21-12-23(31)25(35)33(21)17(2)18-7-6-8-19(11-18)26(36)37/h6-8,11,16-17,20-23H,9-10,12,14-15H2,1-5H3,(H,30,38)(H,36,37)/t16?,17?,21-,22?,23?/m0/s1. The third-order valence-corrected chi connectivity index (χ3v) is 7.55. The molecule has 1 aliphatic carbocycles. The number of carbonyl (C=O) groups excluding carboxylic acids is 3. The van der Waals surface area contributed by atoms with Gasteiger partial charge in [0, 0.05) is 25.2 Å². The Balaban J connectivity index is 1.50. The van der Waals surface area contributed by atoms with Crippen molar-refractivity contribution in [3.05, 3.63) is 35.4 Å². The molecule has 1 saturated carbocycles. The molecule has 3 fully saturated rings. The van der Waals surface area contributed by atoms with Crippen molar-refractivity contribution in [3.8, 4) is 6.07 Å². The van der Waals surface area contributed by atoms with Crippen LogP contribution in [0.25, 0.3) is 0 Å². The van der Waals surface area contributed by atoms with E-state index in [0.717, 1.165) is 18.4 Å². The number of fused-ring (bicyclic) bond motifs is 2. The highest BCUT2D eigenvalue weighted by Gasteiger charge is 2.52. The molecule has 3 aliphatic rings. The van der Waals surface area contributed by atoms with Crippen LogP contribution in [0.15, 0.2) is 24.3 Å². The summed E-state index contributed by atoms with van der Waals surface area (Å²) < 4.78 is 5.41. The molecule has 11 nitrogen and oxygen atoms in total. The Morgan fingerprint density at radius 2 is 1.95 bits per heavy atom. The summed E-state index contributed by atoms with van der Waals surface area (Å²) in [6.07, 6.45) is 1.46. The number of piperazine rings is 1. The highest BCUT2D eigenvalue weighted by atomic mass is 16.6. The van der Waals surface area contributed by atoms with Gasteiger partial charge in [0.2, 0.25) is 11.8 Å². The van der Waals surface area contributed by atoms with E-state index in [1.165, 1.54) is 6.07 Å². The van der Waals surface area contributed by atoms with Gasteiger partial charge in [0.15, 0.2) is 0 Å². The van der Waals surface area contributed by atoms with Crippen LogP contribution in [0.3, 0.4) is 0 Å². The van der Waals surface area contributed by atoms with Crippen molar-refractivity contribution in [1.29, 1.82) is 5.26 Å². The predicted molar refractivity (Wildman–Crippen MR) is 141 cm³/mol. The molecule has 2 bridgehead atoms. The first-order chi connectivity index (χ1) is 18.3. The summed E-state index contributed by atoms with van der Waals surface area (Å²) in [6, 6.07) is 6.18. The van der Waals surface area contributed by atoms with Crippen molar-refractivity contribution in [1.82, 2.24) is 20.0 Å². The van der Waals surface area contributed by atoms with Crippen LogP contribution < -0.4 is 5.32 Å². The van der Waals surface area contributed by atoms with E-state index in [1.54, 1.807) is 49.6 Å². The van der Waals surface area contributed by atoms with Crippen molar-refractivity contribution < 1.29 is 29.0 Å². The molecule has 0 radical (unpaired) electrons. The maximum Gasteiger partial charge on any atom is 0.408 e. The first-order valence-electron chi connectivity index (χ1n) is 13.4. The number of likely N-dealkylation sites (tertiary alicyclic amines) is 2. The molecule has 5 atom stereocenters. The smallest absolute Gasteiger partial charge is 0.408 e. The minimum atomic E-state index is -1.02. The van der Waals surface area contributed by atoms with E-state index in [0.29, 0.717) is 13.0 Å². The van der Waals surface area contributed by atoms with Crippen LogP contribution in [0.5, 0.6) is 0 Å². The Kier molecular flexibility index (Phi) is 7.89. The van der Waals surface area contributed by atoms with Crippen LogP contribution in [-0.4, -0.2) is 92.6 Å². The van der Waals surface area contributed by atoms with Gasteiger partial charge < -0.3 is 25.0 Å². The van der Waals surface area contributed by atoms with E-state index in [1.807, 2.05) is 17.9 Å². The minimum Gasteiger partial charge on any atom is -0.478 e. The lowest BCUT2D eigenvalue weighted by Crippen LogP contribution is -2.59. The average Bonchev–Trinajstić information content (AvgIpc) is 3.53. The first-order valence-corrected chi connectivity index (χ1v) is 13.4. The zero-order chi connectivity index (χ0) is 28.6. The quantitative estimate of drug-likeness (QED) is 0.487. The summed E-state index contributed by atoms with van der Waals surface area (Å²) in [5, 5.41) is 21.6. The van der Waals surface area contributed by atoms with Crippen molar-refractivity contribution in [2.75, 3.05) is 13.1 Å². The van der Waals surface area contributed by atoms with Crippen LogP contribution in [0.4, 0.5) is 4.79 Å². The molecule has 11 heteroatoms. The van der Waals surface area contributed by atoms with Gasteiger partial charge in [0.25, 0.3) is 0 Å². The van der Waals surface area contributed by atoms with Gasteiger partial charge in [-0.15, -0.1) is 0 Å². The number of carboxylic acid groups (broad SMARTS) is 1. The van der Waals surface area contributed by atoms with Gasteiger partial charge in [-0.25, -0.2) is 9.59 Å². The number of hydrogen-bond donors (Lipinski definition) is 2. The second kappa shape index (κ2) is 10.8. The number of hydrogen-bond acceptors (Lipinski definition) is 7. The number of nitrogens with one attached hydrogen (secondary N) is 1. The molecule has 3 amide bonds. The second-order valence-electron chi connectivity index (χ2n) is 11.7. The lowest BCUT2D eigenvalue weighted by atomic mass is 10.0. The number of carboxylic acids is 1. The third-order valence-electron chi connectivity index (χ3n) is 7.55. The summed E-state index contributed by atoms with van der Waals surface area (Å²) in [5.41, 5.74) is 0.150. The van der Waals surface area contributed by atoms with Crippen molar-refractivity contribution in [2.24, 2.45) is 0 Å². The number of amides is 3. The normalized spacial score (nSPS) is 23.1. The molecule has 2 heterocycles. The highest BCUT2D eigenvalue weighted by Crippen LogP contribution is 2.38. The molecule has 4 rings (SSSR count). The fraction of sp³-hybridized carbons (Fsp3) is 0.607. The SMILES string of the molecule is CC(C#N)N(C(=O)C(CN1C[C@@H]2CC1C(=O)N2C(C)c1cccc(C(=O)O)c1)NC(=O)OC(C)(C)C)C1CC1. The molecule has 0 aromatic heterocycles. The number of ether oxygens (including phenoxy) is 1. The number of rotatable bonds is 9. The highest BCUT2D eigenvalue weighted by molar-refractivity contribution is 5.89. The number of aromatic carboxylic acids is 1. The summed E-state index contributed by atoms with van der Waals surface area (Å²) in [7, 11) is 0. The Morgan fingerprint density at radius 1 is 1.26 bits per heavy atom. The number of carbonyl (C=O) groups is 4. The van der Waals surface area contributed by atoms with Gasteiger partial charge in [0.1, 0.15) is 17.7 Å². The van der Waals surface area contributed by atoms with Crippen LogP contribution in [0, 0.1) is 11.3 Å². The van der Waals surface area contributed by atoms with Crippen molar-refractivity contribution in [3.63, 3.8) is 0 Å². The number of nitrogens with zero attached hydrogens (tertiary/aromatic N) is 4. The van der Waals surface area contributed by atoms with Gasteiger partial charge in [-0.05, 0) is 71.6 Å².